The molecule has 1 aromatic heterocycles. The van der Waals surface area contributed by atoms with Crippen LogP contribution >= 0.6 is 11.3 Å². The molecule has 1 aromatic rings. The monoisotopic (exact) mass is 397 g/mol. The summed E-state index contributed by atoms with van der Waals surface area (Å²) in [6.07, 6.45) is 4.79. The Kier molecular flexibility index (Phi) is 7.80. The quantitative estimate of drug-likeness (QED) is 0.212. The molecule has 2 rings (SSSR count). The van der Waals surface area contributed by atoms with Crippen molar-refractivity contribution in [3.63, 3.8) is 0 Å². The van der Waals surface area contributed by atoms with Crippen LogP contribution in [0.3, 0.4) is 0 Å². The molecule has 0 radical (unpaired) electrons. The molecule has 1 fully saturated rings. The van der Waals surface area contributed by atoms with E-state index in [9.17, 15) is 10.1 Å². The van der Waals surface area contributed by atoms with Crippen molar-refractivity contribution in [2.75, 3.05) is 32.2 Å². The van der Waals surface area contributed by atoms with Gasteiger partial charge in [0.05, 0.1) is 23.8 Å². The number of methoxy groups -OCH3 is 1. The molecular formula is C16H27N7O3S. The van der Waals surface area contributed by atoms with E-state index in [1.54, 1.807) is 19.1 Å². The maximum Gasteiger partial charge on any atom is 0.274 e. The van der Waals surface area contributed by atoms with Gasteiger partial charge in [0.2, 0.25) is 0 Å². The van der Waals surface area contributed by atoms with Gasteiger partial charge in [-0.25, -0.2) is 4.98 Å². The standard InChI is InChI=1S/C16H27N7O3S/c1-19-14(9-23(24)25)20-12-5-3-4-11(8-12)13-10-27-16(21-13)22(15(17)18)6-7-26-2/h9-12,19-20H,3-8H2,1-2H3,(H3,17,18)/b14-9+. The molecule has 10 nitrogen and oxygen atoms in total. The van der Waals surface area contributed by atoms with Gasteiger partial charge in [0.25, 0.3) is 6.20 Å². The normalized spacial score (nSPS) is 20.1. The van der Waals surface area contributed by atoms with E-state index < -0.39 is 4.92 Å². The Balaban J connectivity index is 2.04. The van der Waals surface area contributed by atoms with Crippen molar-refractivity contribution >= 4 is 22.4 Å². The lowest BCUT2D eigenvalue weighted by Crippen LogP contribution is -2.39. The van der Waals surface area contributed by atoms with Crippen LogP contribution in [0.15, 0.2) is 17.4 Å². The molecule has 11 heteroatoms. The smallest absolute Gasteiger partial charge is 0.274 e. The Labute approximate surface area is 162 Å². The maximum atomic E-state index is 10.7. The van der Waals surface area contributed by atoms with Crippen molar-refractivity contribution in [2.24, 2.45) is 5.73 Å². The first-order chi connectivity index (χ1) is 12.9. The van der Waals surface area contributed by atoms with Gasteiger partial charge in [-0.2, -0.15) is 0 Å². The molecule has 150 valence electrons. The second-order valence-electron chi connectivity index (χ2n) is 6.37. The SMILES string of the molecule is CN/C(=C\[N+](=O)[O-])NC1CCCC(c2csc(N(CCOC)C(=N)N)n2)C1. The van der Waals surface area contributed by atoms with Gasteiger partial charge in [0.15, 0.2) is 16.9 Å². The topological polar surface area (TPSA) is 142 Å². The Hall–Kier alpha value is -2.40. The molecule has 2 unspecified atom stereocenters. The predicted molar refractivity (Wildman–Crippen MR) is 106 cm³/mol. The summed E-state index contributed by atoms with van der Waals surface area (Å²) in [5.74, 6) is 0.623. The molecule has 0 saturated heterocycles. The average Bonchev–Trinajstić information content (AvgIpc) is 3.11. The third-order valence-corrected chi connectivity index (χ3v) is 5.39. The largest absolute Gasteiger partial charge is 0.383 e. The third-order valence-electron chi connectivity index (χ3n) is 4.51. The molecule has 0 aliphatic heterocycles. The summed E-state index contributed by atoms with van der Waals surface area (Å²) in [6, 6.07) is 0.143. The summed E-state index contributed by atoms with van der Waals surface area (Å²) >= 11 is 1.46. The number of aromatic nitrogens is 1. The van der Waals surface area contributed by atoms with E-state index in [2.05, 4.69) is 10.6 Å². The molecule has 0 amide bonds. The van der Waals surface area contributed by atoms with E-state index in [0.29, 0.717) is 24.1 Å². The number of nitrogens with one attached hydrogen (secondary N) is 3. The van der Waals surface area contributed by atoms with Gasteiger partial charge in [-0.05, 0) is 19.3 Å². The number of hydrogen-bond acceptors (Lipinski definition) is 8. The summed E-state index contributed by atoms with van der Waals surface area (Å²) in [4.78, 5) is 16.5. The number of nitrogens with two attached hydrogens (primary N) is 1. The number of thiazole rings is 1. The molecule has 0 bridgehead atoms. The highest BCUT2D eigenvalue weighted by molar-refractivity contribution is 7.14. The number of anilines is 1. The van der Waals surface area contributed by atoms with E-state index in [1.807, 2.05) is 5.38 Å². The van der Waals surface area contributed by atoms with E-state index in [1.165, 1.54) is 11.3 Å². The molecule has 2 atom stereocenters. The third kappa shape index (κ3) is 6.07. The van der Waals surface area contributed by atoms with Gasteiger partial charge in [-0.3, -0.25) is 20.4 Å². The molecule has 5 N–H and O–H groups in total. The van der Waals surface area contributed by atoms with Crippen LogP contribution in [-0.2, 0) is 4.74 Å². The average molecular weight is 398 g/mol. The fourth-order valence-electron chi connectivity index (χ4n) is 3.18. The van der Waals surface area contributed by atoms with Crippen molar-refractivity contribution in [3.05, 3.63) is 33.2 Å². The van der Waals surface area contributed by atoms with Crippen molar-refractivity contribution in [3.8, 4) is 0 Å². The second kappa shape index (κ2) is 10.1. The lowest BCUT2D eigenvalue weighted by atomic mass is 9.84. The molecule has 27 heavy (non-hydrogen) atoms. The first-order valence-electron chi connectivity index (χ1n) is 8.80. The maximum absolute atomic E-state index is 10.7. The molecule has 1 heterocycles. The highest BCUT2D eigenvalue weighted by Crippen LogP contribution is 2.35. The minimum Gasteiger partial charge on any atom is -0.383 e. The first-order valence-corrected chi connectivity index (χ1v) is 9.68. The van der Waals surface area contributed by atoms with Gasteiger partial charge in [0, 0.05) is 31.5 Å². The van der Waals surface area contributed by atoms with Gasteiger partial charge >= 0.3 is 0 Å². The summed E-state index contributed by atoms with van der Waals surface area (Å²) in [5.41, 5.74) is 6.65. The zero-order valence-corrected chi connectivity index (χ0v) is 16.4. The van der Waals surface area contributed by atoms with Crippen LogP contribution in [0.2, 0.25) is 0 Å². The Morgan fingerprint density at radius 3 is 3.04 bits per heavy atom. The summed E-state index contributed by atoms with van der Waals surface area (Å²) < 4.78 is 5.07. The Morgan fingerprint density at radius 1 is 1.63 bits per heavy atom. The summed E-state index contributed by atoms with van der Waals surface area (Å²) in [5, 5.41) is 27.2. The fraction of sp³-hybridized carbons (Fsp3) is 0.625. The van der Waals surface area contributed by atoms with Crippen molar-refractivity contribution in [1.82, 2.24) is 15.6 Å². The minimum atomic E-state index is -0.470. The zero-order valence-electron chi connectivity index (χ0n) is 15.6. The van der Waals surface area contributed by atoms with Crippen LogP contribution in [0.25, 0.3) is 0 Å². The van der Waals surface area contributed by atoms with E-state index in [-0.39, 0.29) is 17.9 Å². The molecule has 1 saturated carbocycles. The van der Waals surface area contributed by atoms with Crippen molar-refractivity contribution in [1.29, 1.82) is 5.41 Å². The highest BCUT2D eigenvalue weighted by atomic mass is 32.1. The molecule has 0 aromatic carbocycles. The molecule has 1 aliphatic carbocycles. The highest BCUT2D eigenvalue weighted by Gasteiger charge is 2.26. The molecule has 1 aliphatic rings. The lowest BCUT2D eigenvalue weighted by Gasteiger charge is -2.29. The summed E-state index contributed by atoms with van der Waals surface area (Å²) in [7, 11) is 3.26. The van der Waals surface area contributed by atoms with Crippen molar-refractivity contribution < 1.29 is 9.66 Å². The van der Waals surface area contributed by atoms with Gasteiger partial charge in [-0.15, -0.1) is 11.3 Å². The number of rotatable bonds is 9. The summed E-state index contributed by atoms with van der Waals surface area (Å²) in [6.45, 7) is 0.935. The van der Waals surface area contributed by atoms with E-state index >= 15 is 0 Å². The fourth-order valence-corrected chi connectivity index (χ4v) is 4.12. The number of ether oxygens (including phenoxy) is 1. The van der Waals surface area contributed by atoms with Crippen LogP contribution < -0.4 is 21.3 Å². The zero-order chi connectivity index (χ0) is 19.8. The van der Waals surface area contributed by atoms with Crippen LogP contribution in [0.4, 0.5) is 5.13 Å². The minimum absolute atomic E-state index is 0.0558. The van der Waals surface area contributed by atoms with Gasteiger partial charge in [0.1, 0.15) is 0 Å². The van der Waals surface area contributed by atoms with Crippen LogP contribution in [0.1, 0.15) is 37.3 Å². The van der Waals surface area contributed by atoms with E-state index in [4.69, 9.17) is 20.9 Å². The predicted octanol–water partition coefficient (Wildman–Crippen LogP) is 1.40. The first kappa shape index (κ1) is 20.9. The van der Waals surface area contributed by atoms with Crippen LogP contribution in [-0.4, -0.2) is 49.2 Å². The molecular weight excluding hydrogens is 370 g/mol. The second-order valence-corrected chi connectivity index (χ2v) is 7.20. The Morgan fingerprint density at radius 2 is 2.41 bits per heavy atom. The number of hydrogen-bond donors (Lipinski definition) is 4. The van der Waals surface area contributed by atoms with E-state index in [0.717, 1.165) is 37.6 Å². The number of guanidine groups is 1. The lowest BCUT2D eigenvalue weighted by molar-refractivity contribution is -0.404. The Bertz CT molecular complexity index is 679. The van der Waals surface area contributed by atoms with Crippen LogP contribution in [0, 0.1) is 15.5 Å². The van der Waals surface area contributed by atoms with Crippen molar-refractivity contribution in [2.45, 2.75) is 37.6 Å². The van der Waals surface area contributed by atoms with Gasteiger partial charge < -0.3 is 21.1 Å². The van der Waals surface area contributed by atoms with Crippen LogP contribution in [0.5, 0.6) is 0 Å². The number of nitro groups is 1. The molecule has 0 spiro atoms. The van der Waals surface area contributed by atoms with Gasteiger partial charge in [-0.1, -0.05) is 6.42 Å². The number of nitrogens with zero attached hydrogens (tertiary/aromatic N) is 3.